The van der Waals surface area contributed by atoms with Crippen molar-refractivity contribution in [3.05, 3.63) is 65.9 Å². The largest absolute Gasteiger partial charge is 0.490 e. The van der Waals surface area contributed by atoms with E-state index in [4.69, 9.17) is 4.74 Å². The molecule has 1 aromatic heterocycles. The van der Waals surface area contributed by atoms with Crippen LogP contribution in [0, 0.1) is 6.92 Å². The molecule has 5 heteroatoms. The Bertz CT molecular complexity index is 955. The highest BCUT2D eigenvalue weighted by molar-refractivity contribution is 5.86. The molecular formula is C24H30N4O. The van der Waals surface area contributed by atoms with E-state index >= 15 is 0 Å². The molecule has 0 atom stereocenters. The van der Waals surface area contributed by atoms with Crippen LogP contribution in [0.4, 0.5) is 0 Å². The van der Waals surface area contributed by atoms with Gasteiger partial charge in [-0.1, -0.05) is 30.3 Å². The van der Waals surface area contributed by atoms with Crippen LogP contribution in [-0.2, 0) is 6.42 Å². The average Bonchev–Trinajstić information content (AvgIpc) is 3.17. The molecule has 0 bridgehead atoms. The molecule has 1 aliphatic heterocycles. The van der Waals surface area contributed by atoms with E-state index in [0.29, 0.717) is 0 Å². The molecule has 0 amide bonds. The lowest BCUT2D eigenvalue weighted by Gasteiger charge is -2.34. The summed E-state index contributed by atoms with van der Waals surface area (Å²) < 4.78 is 6.11. The fraction of sp³-hybridized carbons (Fsp3) is 0.375. The number of nitrogens with one attached hydrogen (secondary N) is 2. The van der Waals surface area contributed by atoms with Gasteiger partial charge in [-0.2, -0.15) is 0 Å². The van der Waals surface area contributed by atoms with Crippen LogP contribution in [0.15, 0.2) is 59.7 Å². The molecule has 2 N–H and O–H groups in total. The molecule has 1 saturated heterocycles. The summed E-state index contributed by atoms with van der Waals surface area (Å²) in [5, 5.41) is 4.90. The summed E-state index contributed by atoms with van der Waals surface area (Å²) in [4.78, 5) is 10.2. The third kappa shape index (κ3) is 4.56. The maximum atomic E-state index is 6.11. The number of aliphatic imine (C=N–C) groups is 1. The first kappa shape index (κ1) is 19.4. The van der Waals surface area contributed by atoms with Crippen LogP contribution in [0.25, 0.3) is 10.9 Å². The van der Waals surface area contributed by atoms with E-state index in [0.717, 1.165) is 50.6 Å². The number of fused-ring (bicyclic) bond motifs is 1. The molecule has 0 spiro atoms. The number of hydrogen-bond acceptors (Lipinski definition) is 2. The zero-order valence-electron chi connectivity index (χ0n) is 17.3. The molecule has 1 aliphatic rings. The maximum Gasteiger partial charge on any atom is 0.193 e. The van der Waals surface area contributed by atoms with Gasteiger partial charge in [0.05, 0.1) is 0 Å². The molecule has 4 rings (SSSR count). The summed E-state index contributed by atoms with van der Waals surface area (Å²) in [7, 11) is 1.87. The fourth-order valence-corrected chi connectivity index (χ4v) is 4.17. The summed E-state index contributed by atoms with van der Waals surface area (Å²) in [6.07, 6.45) is 5.40. The average molecular weight is 391 g/mol. The van der Waals surface area contributed by atoms with Gasteiger partial charge in [0.2, 0.25) is 0 Å². The Morgan fingerprint density at radius 1 is 1.14 bits per heavy atom. The van der Waals surface area contributed by atoms with E-state index < -0.39 is 0 Å². The molecule has 2 aromatic carbocycles. The molecule has 152 valence electrons. The van der Waals surface area contributed by atoms with Crippen LogP contribution in [0.3, 0.4) is 0 Å². The van der Waals surface area contributed by atoms with Crippen molar-refractivity contribution in [2.45, 2.75) is 32.3 Å². The molecular weight excluding hydrogens is 360 g/mol. The van der Waals surface area contributed by atoms with Gasteiger partial charge < -0.3 is 19.9 Å². The minimum atomic E-state index is 0.279. The second-order valence-corrected chi connectivity index (χ2v) is 7.65. The van der Waals surface area contributed by atoms with E-state index in [1.807, 2.05) is 37.4 Å². The quantitative estimate of drug-likeness (QED) is 0.509. The number of piperidine rings is 1. The number of hydrogen-bond donors (Lipinski definition) is 2. The van der Waals surface area contributed by atoms with Crippen LogP contribution in [-0.4, -0.2) is 48.6 Å². The van der Waals surface area contributed by atoms with E-state index in [1.54, 1.807) is 0 Å². The number of rotatable bonds is 5. The number of likely N-dealkylation sites (tertiary alicyclic amines) is 1. The number of guanidine groups is 1. The van der Waals surface area contributed by atoms with Crippen LogP contribution in [0.1, 0.15) is 24.0 Å². The first-order valence-electron chi connectivity index (χ1n) is 10.5. The lowest BCUT2D eigenvalue weighted by molar-refractivity contribution is 0.129. The summed E-state index contributed by atoms with van der Waals surface area (Å²) >= 11 is 0. The minimum Gasteiger partial charge on any atom is -0.490 e. The van der Waals surface area contributed by atoms with Crippen molar-refractivity contribution in [1.29, 1.82) is 0 Å². The van der Waals surface area contributed by atoms with Gasteiger partial charge in [-0.15, -0.1) is 0 Å². The van der Waals surface area contributed by atoms with Gasteiger partial charge in [0.15, 0.2) is 5.96 Å². The maximum absolute atomic E-state index is 6.11. The SMILES string of the molecule is CN=C(NCCc1c[nH]c2cccc(C)c12)N1CCC(Oc2ccccc2)CC1. The monoisotopic (exact) mass is 390 g/mol. The highest BCUT2D eigenvalue weighted by Crippen LogP contribution is 2.22. The Labute approximate surface area is 172 Å². The number of para-hydroxylation sites is 1. The van der Waals surface area contributed by atoms with Crippen LogP contribution < -0.4 is 10.1 Å². The summed E-state index contributed by atoms with van der Waals surface area (Å²) in [5.74, 6) is 1.95. The van der Waals surface area contributed by atoms with Crippen LogP contribution >= 0.6 is 0 Å². The van der Waals surface area contributed by atoms with Gasteiger partial charge in [-0.3, -0.25) is 4.99 Å². The molecule has 0 saturated carbocycles. The topological polar surface area (TPSA) is 52.7 Å². The predicted octanol–water partition coefficient (Wildman–Crippen LogP) is 4.14. The van der Waals surface area contributed by atoms with Gasteiger partial charge >= 0.3 is 0 Å². The van der Waals surface area contributed by atoms with Crippen molar-refractivity contribution in [2.24, 2.45) is 4.99 Å². The number of nitrogens with zero attached hydrogens (tertiary/aromatic N) is 2. The van der Waals surface area contributed by atoms with E-state index in [-0.39, 0.29) is 6.10 Å². The minimum absolute atomic E-state index is 0.279. The molecule has 1 fully saturated rings. The van der Waals surface area contributed by atoms with Crippen molar-refractivity contribution in [2.75, 3.05) is 26.7 Å². The third-order valence-electron chi connectivity index (χ3n) is 5.67. The van der Waals surface area contributed by atoms with E-state index in [2.05, 4.69) is 51.5 Å². The fourth-order valence-electron chi connectivity index (χ4n) is 4.17. The van der Waals surface area contributed by atoms with Crippen molar-refractivity contribution in [3.8, 4) is 5.75 Å². The molecule has 3 aromatic rings. The Kier molecular flexibility index (Phi) is 6.03. The predicted molar refractivity (Wildman–Crippen MR) is 120 cm³/mol. The Hall–Kier alpha value is -2.95. The number of ether oxygens (including phenoxy) is 1. The molecule has 2 heterocycles. The number of H-pyrrole nitrogens is 1. The summed E-state index contributed by atoms with van der Waals surface area (Å²) in [6, 6.07) is 16.5. The molecule has 0 unspecified atom stereocenters. The zero-order valence-corrected chi connectivity index (χ0v) is 17.3. The van der Waals surface area contributed by atoms with Gasteiger partial charge in [0.25, 0.3) is 0 Å². The summed E-state index contributed by atoms with van der Waals surface area (Å²) in [5.41, 5.74) is 3.89. The Morgan fingerprint density at radius 3 is 2.69 bits per heavy atom. The molecule has 29 heavy (non-hydrogen) atoms. The van der Waals surface area contributed by atoms with Gasteiger partial charge in [0.1, 0.15) is 11.9 Å². The molecule has 0 aliphatic carbocycles. The lowest BCUT2D eigenvalue weighted by Crippen LogP contribution is -2.47. The van der Waals surface area contributed by atoms with Crippen molar-refractivity contribution >= 4 is 16.9 Å². The Morgan fingerprint density at radius 2 is 1.93 bits per heavy atom. The standard InChI is InChI=1S/C24H30N4O/c1-18-7-6-10-22-23(18)19(17-27-22)11-14-26-24(25-2)28-15-12-21(13-16-28)29-20-8-4-3-5-9-20/h3-10,17,21,27H,11-16H2,1-2H3,(H,25,26). The number of benzene rings is 2. The second-order valence-electron chi connectivity index (χ2n) is 7.65. The highest BCUT2D eigenvalue weighted by atomic mass is 16.5. The molecule has 5 nitrogen and oxygen atoms in total. The number of aromatic nitrogens is 1. The smallest absolute Gasteiger partial charge is 0.193 e. The first-order valence-corrected chi connectivity index (χ1v) is 10.5. The summed E-state index contributed by atoms with van der Waals surface area (Å²) in [6.45, 7) is 4.97. The third-order valence-corrected chi connectivity index (χ3v) is 5.67. The number of aromatic amines is 1. The highest BCUT2D eigenvalue weighted by Gasteiger charge is 2.22. The Balaban J connectivity index is 1.28. The normalized spacial score (nSPS) is 15.7. The van der Waals surface area contributed by atoms with Crippen molar-refractivity contribution in [3.63, 3.8) is 0 Å². The first-order chi connectivity index (χ1) is 14.2. The van der Waals surface area contributed by atoms with Gasteiger partial charge in [-0.05, 0) is 42.7 Å². The molecule has 0 radical (unpaired) electrons. The van der Waals surface area contributed by atoms with Gasteiger partial charge in [0, 0.05) is 56.6 Å². The van der Waals surface area contributed by atoms with Crippen LogP contribution in [0.2, 0.25) is 0 Å². The van der Waals surface area contributed by atoms with Gasteiger partial charge in [-0.25, -0.2) is 0 Å². The lowest BCUT2D eigenvalue weighted by atomic mass is 10.1. The zero-order chi connectivity index (χ0) is 20.1. The second kappa shape index (κ2) is 9.03. The van der Waals surface area contributed by atoms with E-state index in [9.17, 15) is 0 Å². The van der Waals surface area contributed by atoms with E-state index in [1.165, 1.54) is 22.0 Å². The van der Waals surface area contributed by atoms with Crippen molar-refractivity contribution < 1.29 is 4.74 Å². The van der Waals surface area contributed by atoms with Crippen LogP contribution in [0.5, 0.6) is 5.75 Å². The number of aryl methyl sites for hydroxylation is 1. The van der Waals surface area contributed by atoms with Crippen molar-refractivity contribution in [1.82, 2.24) is 15.2 Å².